The third-order valence-electron chi connectivity index (χ3n) is 5.72. The number of nitro groups is 1. The van der Waals surface area contributed by atoms with Gasteiger partial charge >= 0.3 is 0 Å². The first-order chi connectivity index (χ1) is 15.6. The van der Waals surface area contributed by atoms with E-state index in [1.807, 2.05) is 0 Å². The van der Waals surface area contributed by atoms with Crippen LogP contribution in [0.3, 0.4) is 0 Å². The summed E-state index contributed by atoms with van der Waals surface area (Å²) in [6.07, 6.45) is 4.04. The Labute approximate surface area is 197 Å². The summed E-state index contributed by atoms with van der Waals surface area (Å²) in [5.41, 5.74) is 0.728. The fraction of sp³-hybridized carbons (Fsp3) is 0.409. The standard InChI is InChI=1S/C22H26ClN3O6S/c1-15-8-9-17(26(28)29)12-20(15)24-22(27)14-25(16-6-4-3-5-7-16)33(30,31)18-10-11-21(32-2)19(23)13-18/h8-13,16H,3-7,14H2,1-2H3,(H,24,27). The number of rotatable bonds is 8. The lowest BCUT2D eigenvalue weighted by atomic mass is 9.95. The number of sulfonamides is 1. The largest absolute Gasteiger partial charge is 0.495 e. The molecular weight excluding hydrogens is 470 g/mol. The number of methoxy groups -OCH3 is 1. The van der Waals surface area contributed by atoms with Gasteiger partial charge < -0.3 is 10.1 Å². The number of amides is 1. The van der Waals surface area contributed by atoms with Crippen molar-refractivity contribution in [2.45, 2.75) is 50.0 Å². The predicted octanol–water partition coefficient (Wildman–Crippen LogP) is 4.53. The number of halogens is 1. The van der Waals surface area contributed by atoms with Gasteiger partial charge in [0.25, 0.3) is 5.69 Å². The third kappa shape index (κ3) is 5.82. The second-order valence-electron chi connectivity index (χ2n) is 7.94. The van der Waals surface area contributed by atoms with E-state index in [0.717, 1.165) is 19.3 Å². The molecule has 0 spiro atoms. The summed E-state index contributed by atoms with van der Waals surface area (Å²) in [4.78, 5) is 23.4. The van der Waals surface area contributed by atoms with Gasteiger partial charge in [-0.3, -0.25) is 14.9 Å². The molecule has 0 radical (unpaired) electrons. The molecule has 0 heterocycles. The molecule has 1 N–H and O–H groups in total. The number of nitrogens with zero attached hydrogens (tertiary/aromatic N) is 2. The Kier molecular flexibility index (Phi) is 7.93. The van der Waals surface area contributed by atoms with Gasteiger partial charge in [0.05, 0.1) is 34.2 Å². The fourth-order valence-corrected chi connectivity index (χ4v) is 5.90. The van der Waals surface area contributed by atoms with E-state index in [1.165, 1.54) is 47.8 Å². The zero-order valence-electron chi connectivity index (χ0n) is 18.4. The molecule has 1 aliphatic carbocycles. The quantitative estimate of drug-likeness (QED) is 0.424. The molecule has 1 amide bonds. The Hall–Kier alpha value is -2.69. The van der Waals surface area contributed by atoms with E-state index >= 15 is 0 Å². The lowest BCUT2D eigenvalue weighted by molar-refractivity contribution is -0.384. The van der Waals surface area contributed by atoms with Crippen molar-refractivity contribution in [3.8, 4) is 5.75 Å². The van der Waals surface area contributed by atoms with Crippen molar-refractivity contribution in [2.24, 2.45) is 0 Å². The molecule has 0 atom stereocenters. The number of anilines is 1. The van der Waals surface area contributed by atoms with E-state index < -0.39 is 27.4 Å². The van der Waals surface area contributed by atoms with Crippen LogP contribution in [0.15, 0.2) is 41.3 Å². The molecule has 3 rings (SSSR count). The van der Waals surface area contributed by atoms with Crippen LogP contribution >= 0.6 is 11.6 Å². The van der Waals surface area contributed by atoms with Crippen molar-refractivity contribution in [1.29, 1.82) is 0 Å². The van der Waals surface area contributed by atoms with E-state index in [2.05, 4.69) is 5.32 Å². The summed E-state index contributed by atoms with van der Waals surface area (Å²) in [6, 6.07) is 7.99. The molecule has 178 valence electrons. The molecule has 2 aromatic carbocycles. The summed E-state index contributed by atoms with van der Waals surface area (Å²) in [7, 11) is -2.61. The van der Waals surface area contributed by atoms with Crippen molar-refractivity contribution >= 4 is 38.9 Å². The maximum Gasteiger partial charge on any atom is 0.271 e. The highest BCUT2D eigenvalue weighted by atomic mass is 35.5. The molecule has 0 unspecified atom stereocenters. The van der Waals surface area contributed by atoms with E-state index in [-0.39, 0.29) is 27.3 Å². The topological polar surface area (TPSA) is 119 Å². The Bertz CT molecular complexity index is 1150. The number of hydrogen-bond donors (Lipinski definition) is 1. The first kappa shape index (κ1) is 24.9. The van der Waals surface area contributed by atoms with Crippen LogP contribution in [0.2, 0.25) is 5.02 Å². The maximum atomic E-state index is 13.5. The van der Waals surface area contributed by atoms with Crippen LogP contribution in [-0.2, 0) is 14.8 Å². The van der Waals surface area contributed by atoms with E-state index in [1.54, 1.807) is 6.92 Å². The molecule has 1 fully saturated rings. The lowest BCUT2D eigenvalue weighted by Crippen LogP contribution is -2.45. The minimum Gasteiger partial charge on any atom is -0.495 e. The van der Waals surface area contributed by atoms with E-state index in [0.29, 0.717) is 24.2 Å². The van der Waals surface area contributed by atoms with Crippen LogP contribution in [0.5, 0.6) is 5.75 Å². The van der Waals surface area contributed by atoms with Crippen molar-refractivity contribution in [1.82, 2.24) is 4.31 Å². The number of hydrogen-bond acceptors (Lipinski definition) is 6. The fourth-order valence-electron chi connectivity index (χ4n) is 3.91. The molecular formula is C22H26ClN3O6S. The molecule has 33 heavy (non-hydrogen) atoms. The summed E-state index contributed by atoms with van der Waals surface area (Å²) >= 11 is 6.15. The number of nitro benzene ring substituents is 1. The number of nitrogens with one attached hydrogen (secondary N) is 1. The molecule has 0 bridgehead atoms. The number of benzene rings is 2. The minimum absolute atomic E-state index is 0.0294. The second-order valence-corrected chi connectivity index (χ2v) is 10.2. The van der Waals surface area contributed by atoms with Crippen LogP contribution < -0.4 is 10.1 Å². The number of aryl methyl sites for hydroxylation is 1. The van der Waals surface area contributed by atoms with Gasteiger partial charge in [0.1, 0.15) is 5.75 Å². The van der Waals surface area contributed by atoms with Crippen LogP contribution in [-0.4, -0.2) is 43.2 Å². The SMILES string of the molecule is COc1ccc(S(=O)(=O)N(CC(=O)Nc2cc([N+](=O)[O-])ccc2C)C2CCCCC2)cc1Cl. The highest BCUT2D eigenvalue weighted by Gasteiger charge is 2.34. The summed E-state index contributed by atoms with van der Waals surface area (Å²) in [6.45, 7) is 1.28. The normalized spacial score (nSPS) is 14.8. The molecule has 0 aromatic heterocycles. The third-order valence-corrected chi connectivity index (χ3v) is 7.91. The zero-order chi connectivity index (χ0) is 24.2. The van der Waals surface area contributed by atoms with Crippen LogP contribution in [0, 0.1) is 17.0 Å². The van der Waals surface area contributed by atoms with Gasteiger partial charge in [-0.1, -0.05) is 36.9 Å². The Morgan fingerprint density at radius 3 is 2.52 bits per heavy atom. The molecule has 0 saturated heterocycles. The predicted molar refractivity (Wildman–Crippen MR) is 125 cm³/mol. The smallest absolute Gasteiger partial charge is 0.271 e. The second kappa shape index (κ2) is 10.5. The molecule has 1 saturated carbocycles. The molecule has 1 aliphatic rings. The van der Waals surface area contributed by atoms with Crippen LogP contribution in [0.4, 0.5) is 11.4 Å². The molecule has 9 nitrogen and oxygen atoms in total. The van der Waals surface area contributed by atoms with Gasteiger partial charge in [-0.2, -0.15) is 4.31 Å². The molecule has 11 heteroatoms. The van der Waals surface area contributed by atoms with Gasteiger partial charge in [-0.15, -0.1) is 0 Å². The monoisotopic (exact) mass is 495 g/mol. The van der Waals surface area contributed by atoms with Crippen LogP contribution in [0.25, 0.3) is 0 Å². The average Bonchev–Trinajstić information content (AvgIpc) is 2.79. The Balaban J connectivity index is 1.90. The maximum absolute atomic E-state index is 13.5. The first-order valence-electron chi connectivity index (χ1n) is 10.5. The number of carbonyl (C=O) groups excluding carboxylic acids is 1. The lowest BCUT2D eigenvalue weighted by Gasteiger charge is -2.33. The Morgan fingerprint density at radius 1 is 1.21 bits per heavy atom. The minimum atomic E-state index is -4.04. The number of non-ortho nitro benzene ring substituents is 1. The van der Waals surface area contributed by atoms with Gasteiger partial charge in [-0.25, -0.2) is 8.42 Å². The number of carbonyl (C=O) groups is 1. The van der Waals surface area contributed by atoms with Crippen molar-refractivity contribution in [2.75, 3.05) is 19.0 Å². The summed E-state index contributed by atoms with van der Waals surface area (Å²) < 4.78 is 33.4. The summed E-state index contributed by atoms with van der Waals surface area (Å²) in [5, 5.41) is 13.9. The van der Waals surface area contributed by atoms with Crippen molar-refractivity contribution in [3.63, 3.8) is 0 Å². The van der Waals surface area contributed by atoms with Gasteiger partial charge in [0, 0.05) is 18.2 Å². The van der Waals surface area contributed by atoms with Gasteiger partial charge in [0.2, 0.25) is 15.9 Å². The number of ether oxygens (including phenoxy) is 1. The highest BCUT2D eigenvalue weighted by molar-refractivity contribution is 7.89. The van der Waals surface area contributed by atoms with Crippen molar-refractivity contribution < 1.29 is 22.9 Å². The van der Waals surface area contributed by atoms with Crippen molar-refractivity contribution in [3.05, 3.63) is 57.1 Å². The van der Waals surface area contributed by atoms with E-state index in [4.69, 9.17) is 16.3 Å². The molecule has 2 aromatic rings. The average molecular weight is 496 g/mol. The highest BCUT2D eigenvalue weighted by Crippen LogP contribution is 2.32. The van der Waals surface area contributed by atoms with Gasteiger partial charge in [0.15, 0.2) is 0 Å². The van der Waals surface area contributed by atoms with Crippen LogP contribution in [0.1, 0.15) is 37.7 Å². The molecule has 0 aliphatic heterocycles. The van der Waals surface area contributed by atoms with Gasteiger partial charge in [-0.05, 0) is 43.5 Å². The zero-order valence-corrected chi connectivity index (χ0v) is 20.0. The van der Waals surface area contributed by atoms with E-state index in [9.17, 15) is 23.3 Å². The first-order valence-corrected chi connectivity index (χ1v) is 12.4. The summed E-state index contributed by atoms with van der Waals surface area (Å²) in [5.74, 6) is -0.230. The Morgan fingerprint density at radius 2 is 1.91 bits per heavy atom.